The molecule has 2 aromatic rings. The van der Waals surface area contributed by atoms with Crippen LogP contribution in [0.5, 0.6) is 0 Å². The van der Waals surface area contributed by atoms with E-state index in [4.69, 9.17) is 0 Å². The zero-order valence-electron chi connectivity index (χ0n) is 12.5. The molecule has 1 aliphatic rings. The van der Waals surface area contributed by atoms with Gasteiger partial charge < -0.3 is 10.2 Å². The van der Waals surface area contributed by atoms with E-state index in [1.807, 2.05) is 49.4 Å². The molecule has 1 N–H and O–H groups in total. The Balaban J connectivity index is 1.74. The first-order valence-corrected chi connectivity index (χ1v) is 7.48. The maximum absolute atomic E-state index is 12.4. The molecule has 0 aromatic heterocycles. The molecule has 0 saturated carbocycles. The number of para-hydroxylation sites is 1. The Morgan fingerprint density at radius 2 is 1.95 bits per heavy atom. The average Bonchev–Trinajstić information content (AvgIpc) is 2.98. The van der Waals surface area contributed by atoms with Crippen LogP contribution in [-0.4, -0.2) is 18.4 Å². The molecule has 112 valence electrons. The van der Waals surface area contributed by atoms with Crippen molar-refractivity contribution in [3.05, 3.63) is 59.7 Å². The van der Waals surface area contributed by atoms with Gasteiger partial charge in [-0.25, -0.2) is 0 Å². The number of fused-ring (bicyclic) bond motifs is 1. The van der Waals surface area contributed by atoms with Gasteiger partial charge in [-0.1, -0.05) is 37.3 Å². The Morgan fingerprint density at radius 3 is 2.77 bits per heavy atom. The largest absolute Gasteiger partial charge is 0.318 e. The minimum absolute atomic E-state index is 0.508. The van der Waals surface area contributed by atoms with E-state index < -0.39 is 11.8 Å². The number of carbonyl (C=O) groups is 2. The van der Waals surface area contributed by atoms with Crippen LogP contribution in [0.2, 0.25) is 0 Å². The van der Waals surface area contributed by atoms with E-state index in [0.717, 1.165) is 29.7 Å². The van der Waals surface area contributed by atoms with Gasteiger partial charge in [0.1, 0.15) is 0 Å². The van der Waals surface area contributed by atoms with Crippen molar-refractivity contribution >= 4 is 23.2 Å². The van der Waals surface area contributed by atoms with E-state index >= 15 is 0 Å². The molecule has 0 spiro atoms. The van der Waals surface area contributed by atoms with E-state index in [0.29, 0.717) is 12.2 Å². The van der Waals surface area contributed by atoms with E-state index in [1.165, 1.54) is 0 Å². The fraction of sp³-hybridized carbons (Fsp3) is 0.222. The van der Waals surface area contributed by atoms with Gasteiger partial charge in [-0.3, -0.25) is 9.59 Å². The van der Waals surface area contributed by atoms with Gasteiger partial charge >= 0.3 is 11.8 Å². The highest BCUT2D eigenvalue weighted by Crippen LogP contribution is 2.27. The van der Waals surface area contributed by atoms with Crippen LogP contribution in [0.3, 0.4) is 0 Å². The fourth-order valence-electron chi connectivity index (χ4n) is 2.73. The van der Waals surface area contributed by atoms with Crippen LogP contribution in [-0.2, 0) is 22.4 Å². The van der Waals surface area contributed by atoms with Crippen LogP contribution in [0.25, 0.3) is 0 Å². The van der Waals surface area contributed by atoms with Gasteiger partial charge in [-0.2, -0.15) is 0 Å². The van der Waals surface area contributed by atoms with Crippen LogP contribution in [0, 0.1) is 0 Å². The number of anilines is 2. The number of aryl methyl sites for hydroxylation is 1. The Morgan fingerprint density at radius 1 is 1.14 bits per heavy atom. The predicted molar refractivity (Wildman–Crippen MR) is 86.9 cm³/mol. The standard InChI is InChI=1S/C18H18N2O2/c1-2-13-6-5-8-15(12-13)19-17(21)18(22)20-11-10-14-7-3-4-9-16(14)20/h3-9,12H,2,10-11H2,1H3,(H,19,21). The topological polar surface area (TPSA) is 49.4 Å². The number of benzene rings is 2. The van der Waals surface area contributed by atoms with Gasteiger partial charge in [0.15, 0.2) is 0 Å². The summed E-state index contributed by atoms with van der Waals surface area (Å²) in [4.78, 5) is 26.1. The van der Waals surface area contributed by atoms with Crippen LogP contribution in [0.15, 0.2) is 48.5 Å². The number of nitrogens with zero attached hydrogens (tertiary/aromatic N) is 1. The smallest absolute Gasteiger partial charge is 0.316 e. The molecule has 2 aromatic carbocycles. The molecular formula is C18H18N2O2. The maximum atomic E-state index is 12.4. The number of hydrogen-bond acceptors (Lipinski definition) is 2. The van der Waals surface area contributed by atoms with Crippen LogP contribution in [0.4, 0.5) is 11.4 Å². The van der Waals surface area contributed by atoms with Crippen molar-refractivity contribution < 1.29 is 9.59 Å². The highest BCUT2D eigenvalue weighted by molar-refractivity contribution is 6.44. The van der Waals surface area contributed by atoms with E-state index in [9.17, 15) is 9.59 Å². The molecule has 4 heteroatoms. The molecule has 0 bridgehead atoms. The van der Waals surface area contributed by atoms with Gasteiger partial charge in [-0.05, 0) is 42.2 Å². The third-order valence-corrected chi connectivity index (χ3v) is 3.92. The fourth-order valence-corrected chi connectivity index (χ4v) is 2.73. The third kappa shape index (κ3) is 2.72. The normalized spacial score (nSPS) is 12.9. The molecule has 2 amide bonds. The summed E-state index contributed by atoms with van der Waals surface area (Å²) in [6.45, 7) is 2.61. The first-order chi connectivity index (χ1) is 10.7. The zero-order valence-corrected chi connectivity index (χ0v) is 12.5. The number of amides is 2. The van der Waals surface area contributed by atoms with Gasteiger partial charge in [0, 0.05) is 17.9 Å². The van der Waals surface area contributed by atoms with Crippen molar-refractivity contribution in [3.8, 4) is 0 Å². The Kier molecular flexibility index (Phi) is 3.92. The summed E-state index contributed by atoms with van der Waals surface area (Å²) in [5, 5.41) is 2.69. The molecule has 0 aliphatic carbocycles. The van der Waals surface area contributed by atoms with Gasteiger partial charge in [0.25, 0.3) is 0 Å². The summed E-state index contributed by atoms with van der Waals surface area (Å²) in [7, 11) is 0. The Hall–Kier alpha value is -2.62. The number of carbonyl (C=O) groups excluding carboxylic acids is 2. The number of hydrogen-bond donors (Lipinski definition) is 1. The summed E-state index contributed by atoms with van der Waals surface area (Å²) in [6.07, 6.45) is 1.68. The van der Waals surface area contributed by atoms with Gasteiger partial charge in [-0.15, -0.1) is 0 Å². The lowest BCUT2D eigenvalue weighted by molar-refractivity contribution is -0.134. The molecule has 1 heterocycles. The second kappa shape index (κ2) is 6.02. The Labute approximate surface area is 129 Å². The molecule has 22 heavy (non-hydrogen) atoms. The van der Waals surface area contributed by atoms with E-state index in [2.05, 4.69) is 5.32 Å². The lowest BCUT2D eigenvalue weighted by Gasteiger charge is -2.16. The van der Waals surface area contributed by atoms with Crippen LogP contribution >= 0.6 is 0 Å². The first kappa shape index (κ1) is 14.3. The van der Waals surface area contributed by atoms with Crippen molar-refractivity contribution in [2.45, 2.75) is 19.8 Å². The van der Waals surface area contributed by atoms with E-state index in [1.54, 1.807) is 11.0 Å². The monoisotopic (exact) mass is 294 g/mol. The van der Waals surface area contributed by atoms with Crippen LogP contribution in [0.1, 0.15) is 18.1 Å². The molecule has 0 unspecified atom stereocenters. The van der Waals surface area contributed by atoms with Crippen molar-refractivity contribution in [3.63, 3.8) is 0 Å². The lowest BCUT2D eigenvalue weighted by atomic mass is 10.1. The van der Waals surface area contributed by atoms with Gasteiger partial charge in [0.2, 0.25) is 0 Å². The second-order valence-corrected chi connectivity index (χ2v) is 5.34. The summed E-state index contributed by atoms with van der Waals surface area (Å²) < 4.78 is 0. The summed E-state index contributed by atoms with van der Waals surface area (Å²) in [6, 6.07) is 15.3. The molecule has 0 fully saturated rings. The molecule has 0 atom stereocenters. The van der Waals surface area contributed by atoms with Crippen molar-refractivity contribution in [1.82, 2.24) is 0 Å². The molecule has 0 radical (unpaired) electrons. The molecule has 4 nitrogen and oxygen atoms in total. The minimum Gasteiger partial charge on any atom is -0.318 e. The highest BCUT2D eigenvalue weighted by atomic mass is 16.2. The van der Waals surface area contributed by atoms with Crippen molar-refractivity contribution in [1.29, 1.82) is 0 Å². The maximum Gasteiger partial charge on any atom is 0.316 e. The van der Waals surface area contributed by atoms with Crippen LogP contribution < -0.4 is 10.2 Å². The minimum atomic E-state index is -0.593. The number of rotatable bonds is 2. The first-order valence-electron chi connectivity index (χ1n) is 7.48. The quantitative estimate of drug-likeness (QED) is 0.866. The summed E-state index contributed by atoms with van der Waals surface area (Å²) >= 11 is 0. The molecule has 0 saturated heterocycles. The van der Waals surface area contributed by atoms with E-state index in [-0.39, 0.29) is 0 Å². The predicted octanol–water partition coefficient (Wildman–Crippen LogP) is 2.78. The Bertz CT molecular complexity index is 725. The molecule has 1 aliphatic heterocycles. The average molecular weight is 294 g/mol. The molecule has 3 rings (SSSR count). The highest BCUT2D eigenvalue weighted by Gasteiger charge is 2.28. The lowest BCUT2D eigenvalue weighted by Crippen LogP contribution is -2.38. The SMILES string of the molecule is CCc1cccc(NC(=O)C(=O)N2CCc3ccccc32)c1. The number of nitrogens with one attached hydrogen (secondary N) is 1. The third-order valence-electron chi connectivity index (χ3n) is 3.92. The second-order valence-electron chi connectivity index (χ2n) is 5.34. The van der Waals surface area contributed by atoms with Crippen molar-refractivity contribution in [2.75, 3.05) is 16.8 Å². The zero-order chi connectivity index (χ0) is 15.5. The van der Waals surface area contributed by atoms with Crippen molar-refractivity contribution in [2.24, 2.45) is 0 Å². The van der Waals surface area contributed by atoms with Gasteiger partial charge in [0.05, 0.1) is 0 Å². The molecular weight excluding hydrogens is 276 g/mol. The summed E-state index contributed by atoms with van der Waals surface area (Å²) in [5.74, 6) is -1.10. The summed E-state index contributed by atoms with van der Waals surface area (Å²) in [5.41, 5.74) is 3.73.